The van der Waals surface area contributed by atoms with E-state index in [0.29, 0.717) is 10.2 Å². The first kappa shape index (κ1) is 12.5. The van der Waals surface area contributed by atoms with Crippen molar-refractivity contribution < 1.29 is 19.4 Å². The summed E-state index contributed by atoms with van der Waals surface area (Å²) in [5, 5.41) is 22.3. The van der Waals surface area contributed by atoms with Gasteiger partial charge >= 0.3 is 0 Å². The van der Waals surface area contributed by atoms with Crippen molar-refractivity contribution in [1.82, 2.24) is 4.98 Å². The Labute approximate surface area is 123 Å². The van der Waals surface area contributed by atoms with Crippen molar-refractivity contribution in [3.8, 4) is 5.75 Å². The Morgan fingerprint density at radius 1 is 1.00 bits per heavy atom. The molecule has 1 aliphatic rings. The molecule has 1 heterocycles. The van der Waals surface area contributed by atoms with Gasteiger partial charge in [0.2, 0.25) is 11.3 Å². The van der Waals surface area contributed by atoms with Crippen LogP contribution in [0.25, 0.3) is 11.0 Å². The molecule has 0 radical (unpaired) electrons. The van der Waals surface area contributed by atoms with Crippen molar-refractivity contribution in [1.29, 1.82) is 0 Å². The minimum atomic E-state index is -0.698. The molecule has 0 saturated heterocycles. The van der Waals surface area contributed by atoms with Crippen molar-refractivity contribution in [2.24, 2.45) is 0 Å². The highest BCUT2D eigenvalue weighted by molar-refractivity contribution is 6.27. The van der Waals surface area contributed by atoms with Gasteiger partial charge < -0.3 is 10.3 Å². The standard InChI is InChI=1S/C16H8N2O4/c19-11-7-3-4-8-12(11)16(21)14-13(15(8)20)17-9-5-1-2-6-10(9)18(14)22/h1-7,19H. The van der Waals surface area contributed by atoms with Gasteiger partial charge in [0.1, 0.15) is 11.3 Å². The zero-order valence-electron chi connectivity index (χ0n) is 11.1. The average Bonchev–Trinajstić information content (AvgIpc) is 2.52. The van der Waals surface area contributed by atoms with Gasteiger partial charge in [-0.2, -0.15) is 4.73 Å². The van der Waals surface area contributed by atoms with Crippen LogP contribution in [0.3, 0.4) is 0 Å². The maximum atomic E-state index is 12.6. The minimum absolute atomic E-state index is 0.0558. The molecule has 22 heavy (non-hydrogen) atoms. The number of phenolic OH excluding ortho intramolecular Hbond substituents is 1. The largest absolute Gasteiger partial charge is 0.618 e. The van der Waals surface area contributed by atoms with E-state index in [1.54, 1.807) is 18.2 Å². The summed E-state index contributed by atoms with van der Waals surface area (Å²) in [6, 6.07) is 10.7. The zero-order valence-corrected chi connectivity index (χ0v) is 11.1. The first-order chi connectivity index (χ1) is 10.6. The third kappa shape index (κ3) is 1.43. The lowest BCUT2D eigenvalue weighted by molar-refractivity contribution is -0.579. The van der Waals surface area contributed by atoms with Crippen molar-refractivity contribution in [2.45, 2.75) is 0 Å². The van der Waals surface area contributed by atoms with E-state index in [1.807, 2.05) is 0 Å². The van der Waals surface area contributed by atoms with E-state index in [1.165, 1.54) is 24.3 Å². The van der Waals surface area contributed by atoms with Crippen LogP contribution in [0.1, 0.15) is 32.1 Å². The number of fused-ring (bicyclic) bond motifs is 3. The molecule has 4 rings (SSSR count). The van der Waals surface area contributed by atoms with Gasteiger partial charge in [-0.25, -0.2) is 4.98 Å². The number of phenols is 1. The highest BCUT2D eigenvalue weighted by Gasteiger charge is 2.40. The van der Waals surface area contributed by atoms with Gasteiger partial charge in [0.05, 0.1) is 5.56 Å². The summed E-state index contributed by atoms with van der Waals surface area (Å²) in [7, 11) is 0. The highest BCUT2D eigenvalue weighted by Crippen LogP contribution is 2.31. The lowest BCUT2D eigenvalue weighted by atomic mass is 9.89. The predicted octanol–water partition coefficient (Wildman–Crippen LogP) is 1.35. The van der Waals surface area contributed by atoms with Gasteiger partial charge in [-0.15, -0.1) is 0 Å². The molecule has 0 aliphatic heterocycles. The Bertz CT molecular complexity index is 995. The third-order valence-electron chi connectivity index (χ3n) is 3.70. The summed E-state index contributed by atoms with van der Waals surface area (Å²) >= 11 is 0. The fourth-order valence-corrected chi connectivity index (χ4v) is 2.69. The third-order valence-corrected chi connectivity index (χ3v) is 3.70. The van der Waals surface area contributed by atoms with E-state index >= 15 is 0 Å². The van der Waals surface area contributed by atoms with Gasteiger partial charge in [0.25, 0.3) is 11.5 Å². The molecule has 6 nitrogen and oxygen atoms in total. The van der Waals surface area contributed by atoms with Gasteiger partial charge in [0, 0.05) is 11.6 Å². The Hall–Kier alpha value is -3.28. The molecule has 106 valence electrons. The molecule has 0 atom stereocenters. The number of nitrogens with zero attached hydrogens (tertiary/aromatic N) is 2. The van der Waals surface area contributed by atoms with Crippen LogP contribution in [0.2, 0.25) is 0 Å². The van der Waals surface area contributed by atoms with Crippen LogP contribution in [0.4, 0.5) is 0 Å². The fraction of sp³-hybridized carbons (Fsp3) is 0. The molecule has 0 bridgehead atoms. The van der Waals surface area contributed by atoms with Crippen molar-refractivity contribution in [3.63, 3.8) is 0 Å². The second kappa shape index (κ2) is 4.11. The van der Waals surface area contributed by atoms with E-state index in [4.69, 9.17) is 0 Å². The molecule has 1 aromatic heterocycles. The van der Waals surface area contributed by atoms with E-state index in [9.17, 15) is 19.9 Å². The number of aromatic hydroxyl groups is 1. The molecular weight excluding hydrogens is 284 g/mol. The van der Waals surface area contributed by atoms with Crippen LogP contribution in [0.5, 0.6) is 5.75 Å². The number of hydrogen-bond acceptors (Lipinski definition) is 5. The number of ketones is 2. The second-order valence-corrected chi connectivity index (χ2v) is 4.95. The van der Waals surface area contributed by atoms with E-state index < -0.39 is 11.6 Å². The van der Waals surface area contributed by atoms with Gasteiger partial charge in [-0.1, -0.05) is 18.2 Å². The number of rotatable bonds is 0. The summed E-state index contributed by atoms with van der Waals surface area (Å²) in [5.41, 5.74) is -0.0984. The summed E-state index contributed by atoms with van der Waals surface area (Å²) in [6.07, 6.45) is 0. The molecule has 0 saturated carbocycles. The maximum Gasteiger partial charge on any atom is 0.295 e. The van der Waals surface area contributed by atoms with E-state index in [2.05, 4.69) is 4.98 Å². The van der Waals surface area contributed by atoms with Gasteiger partial charge in [-0.3, -0.25) is 9.59 Å². The topological polar surface area (TPSA) is 94.2 Å². The van der Waals surface area contributed by atoms with Gasteiger partial charge in [-0.05, 0) is 18.2 Å². The van der Waals surface area contributed by atoms with Crippen LogP contribution < -0.4 is 4.73 Å². The molecule has 6 heteroatoms. The summed E-state index contributed by atoms with van der Waals surface area (Å²) in [6.45, 7) is 0. The lowest BCUT2D eigenvalue weighted by Crippen LogP contribution is -2.41. The first-order valence-electron chi connectivity index (χ1n) is 6.53. The summed E-state index contributed by atoms with van der Waals surface area (Å²) in [4.78, 5) is 29.3. The molecule has 1 aliphatic carbocycles. The number of benzene rings is 2. The molecular formula is C16H8N2O4. The minimum Gasteiger partial charge on any atom is -0.618 e. The molecule has 2 aromatic carbocycles. The number of carbonyl (C=O) groups is 2. The quantitative estimate of drug-likeness (QED) is 0.390. The number of hydrogen-bond donors (Lipinski definition) is 1. The predicted molar refractivity (Wildman–Crippen MR) is 75.7 cm³/mol. The van der Waals surface area contributed by atoms with Crippen molar-refractivity contribution in [2.75, 3.05) is 0 Å². The number of para-hydroxylation sites is 2. The highest BCUT2D eigenvalue weighted by atomic mass is 16.5. The Morgan fingerprint density at radius 3 is 2.59 bits per heavy atom. The van der Waals surface area contributed by atoms with Crippen LogP contribution in [0.15, 0.2) is 42.5 Å². The molecule has 3 aromatic rings. The number of carbonyl (C=O) groups excluding carboxylic acids is 2. The zero-order chi connectivity index (χ0) is 15.4. The molecule has 0 amide bonds. The molecule has 0 spiro atoms. The SMILES string of the molecule is O=C1c2cccc(O)c2C(=O)c2c1nc1ccccc1[n+]2[O-]. The smallest absolute Gasteiger partial charge is 0.295 e. The van der Waals surface area contributed by atoms with Crippen LogP contribution in [-0.4, -0.2) is 21.7 Å². The lowest BCUT2D eigenvalue weighted by Gasteiger charge is -2.17. The van der Waals surface area contributed by atoms with Gasteiger partial charge in [0.15, 0.2) is 5.69 Å². The van der Waals surface area contributed by atoms with Crippen LogP contribution >= 0.6 is 0 Å². The molecule has 1 N–H and O–H groups in total. The monoisotopic (exact) mass is 292 g/mol. The summed E-state index contributed by atoms with van der Waals surface area (Å²) in [5.74, 6) is -1.57. The molecule has 0 fully saturated rings. The normalized spacial score (nSPS) is 13.1. The Morgan fingerprint density at radius 2 is 1.77 bits per heavy atom. The van der Waals surface area contributed by atoms with Crippen LogP contribution in [0, 0.1) is 5.21 Å². The number of aromatic nitrogens is 2. The molecule has 0 unspecified atom stereocenters. The average molecular weight is 292 g/mol. The second-order valence-electron chi connectivity index (χ2n) is 4.95. The van der Waals surface area contributed by atoms with Crippen LogP contribution in [-0.2, 0) is 0 Å². The van der Waals surface area contributed by atoms with Crippen molar-refractivity contribution >= 4 is 22.6 Å². The Kier molecular flexibility index (Phi) is 2.33. The van der Waals surface area contributed by atoms with E-state index in [-0.39, 0.29) is 33.8 Å². The maximum absolute atomic E-state index is 12.6. The fourth-order valence-electron chi connectivity index (χ4n) is 2.69. The summed E-state index contributed by atoms with van der Waals surface area (Å²) < 4.78 is 0.410. The first-order valence-corrected chi connectivity index (χ1v) is 6.53. The van der Waals surface area contributed by atoms with Crippen molar-refractivity contribution in [3.05, 3.63) is 70.2 Å². The van der Waals surface area contributed by atoms with E-state index in [0.717, 1.165) is 0 Å². The Balaban J connectivity index is 2.14.